The van der Waals surface area contributed by atoms with Gasteiger partial charge in [-0.25, -0.2) is 0 Å². The minimum absolute atomic E-state index is 0.0104. The predicted octanol–water partition coefficient (Wildman–Crippen LogP) is 2.85. The normalized spacial score (nSPS) is 16.7. The molecular formula is C18H18BrN5O. The first-order valence-electron chi connectivity index (χ1n) is 8.24. The maximum absolute atomic E-state index is 5.53. The summed E-state index contributed by atoms with van der Waals surface area (Å²) in [6, 6.07) is 18.4. The number of benzene rings is 2. The minimum atomic E-state index is -0.0104. The van der Waals surface area contributed by atoms with Gasteiger partial charge in [0.25, 0.3) is 0 Å². The molecule has 1 aliphatic rings. The number of tetrazole rings is 1. The van der Waals surface area contributed by atoms with Gasteiger partial charge in [0.15, 0.2) is 5.82 Å². The largest absolute Gasteiger partial charge is 0.379 e. The summed E-state index contributed by atoms with van der Waals surface area (Å²) in [6.45, 7) is 3.16. The third-order valence-electron chi connectivity index (χ3n) is 4.34. The Labute approximate surface area is 154 Å². The van der Waals surface area contributed by atoms with Crippen LogP contribution in [0.4, 0.5) is 0 Å². The van der Waals surface area contributed by atoms with Crippen molar-refractivity contribution in [1.29, 1.82) is 0 Å². The number of aromatic nitrogens is 4. The molecule has 6 nitrogen and oxygen atoms in total. The molecule has 0 bridgehead atoms. The first-order chi connectivity index (χ1) is 12.3. The molecule has 0 amide bonds. The molecule has 0 aliphatic carbocycles. The van der Waals surface area contributed by atoms with E-state index in [9.17, 15) is 0 Å². The Balaban J connectivity index is 1.78. The van der Waals surface area contributed by atoms with Crippen LogP contribution in [0.25, 0.3) is 5.69 Å². The molecular weight excluding hydrogens is 382 g/mol. The van der Waals surface area contributed by atoms with Gasteiger partial charge in [0.1, 0.15) is 0 Å². The van der Waals surface area contributed by atoms with Crippen molar-refractivity contribution in [2.75, 3.05) is 26.3 Å². The molecule has 1 fully saturated rings. The molecule has 1 unspecified atom stereocenters. The van der Waals surface area contributed by atoms with Gasteiger partial charge >= 0.3 is 0 Å². The zero-order chi connectivity index (χ0) is 17.1. The van der Waals surface area contributed by atoms with Crippen LogP contribution in [0.3, 0.4) is 0 Å². The zero-order valence-electron chi connectivity index (χ0n) is 13.6. The van der Waals surface area contributed by atoms with Crippen molar-refractivity contribution in [3.63, 3.8) is 0 Å². The summed E-state index contributed by atoms with van der Waals surface area (Å²) in [7, 11) is 0. The fourth-order valence-electron chi connectivity index (χ4n) is 3.12. The molecule has 7 heteroatoms. The topological polar surface area (TPSA) is 56.1 Å². The summed E-state index contributed by atoms with van der Waals surface area (Å²) in [4.78, 5) is 2.37. The van der Waals surface area contributed by atoms with E-state index < -0.39 is 0 Å². The van der Waals surface area contributed by atoms with Gasteiger partial charge < -0.3 is 4.74 Å². The average molecular weight is 400 g/mol. The molecule has 1 atom stereocenters. The first-order valence-corrected chi connectivity index (χ1v) is 9.03. The van der Waals surface area contributed by atoms with Gasteiger partial charge in [-0.1, -0.05) is 46.3 Å². The predicted molar refractivity (Wildman–Crippen MR) is 97.5 cm³/mol. The highest BCUT2D eigenvalue weighted by molar-refractivity contribution is 9.10. The van der Waals surface area contributed by atoms with Crippen molar-refractivity contribution in [3.05, 3.63) is 70.5 Å². The molecule has 2 heterocycles. The second-order valence-corrected chi connectivity index (χ2v) is 6.80. The minimum Gasteiger partial charge on any atom is -0.379 e. The van der Waals surface area contributed by atoms with Crippen molar-refractivity contribution in [3.8, 4) is 5.69 Å². The molecule has 25 heavy (non-hydrogen) atoms. The molecule has 128 valence electrons. The Morgan fingerprint density at radius 2 is 1.68 bits per heavy atom. The standard InChI is InChI=1S/C18H18BrN5O/c19-15-6-8-16(9-7-15)24-18(20-21-22-24)17(14-4-2-1-3-5-14)23-10-12-25-13-11-23/h1-9,17H,10-13H2. The van der Waals surface area contributed by atoms with E-state index in [1.54, 1.807) is 0 Å². The highest BCUT2D eigenvalue weighted by Crippen LogP contribution is 2.29. The van der Waals surface area contributed by atoms with Crippen molar-refractivity contribution in [2.45, 2.75) is 6.04 Å². The zero-order valence-corrected chi connectivity index (χ0v) is 15.2. The van der Waals surface area contributed by atoms with Gasteiger partial charge in [-0.2, -0.15) is 4.68 Å². The van der Waals surface area contributed by atoms with Crippen LogP contribution < -0.4 is 0 Å². The van der Waals surface area contributed by atoms with E-state index in [2.05, 4.69) is 60.6 Å². The summed E-state index contributed by atoms with van der Waals surface area (Å²) in [5, 5.41) is 12.6. The van der Waals surface area contributed by atoms with Crippen molar-refractivity contribution >= 4 is 15.9 Å². The summed E-state index contributed by atoms with van der Waals surface area (Å²) in [6.07, 6.45) is 0. The monoisotopic (exact) mass is 399 g/mol. The number of halogens is 1. The molecule has 0 radical (unpaired) electrons. The molecule has 4 rings (SSSR count). The maximum Gasteiger partial charge on any atom is 0.178 e. The maximum atomic E-state index is 5.53. The Morgan fingerprint density at radius 3 is 2.40 bits per heavy atom. The number of hydrogen-bond donors (Lipinski definition) is 0. The lowest BCUT2D eigenvalue weighted by atomic mass is 10.0. The number of hydrogen-bond acceptors (Lipinski definition) is 5. The van der Waals surface area contributed by atoms with E-state index in [0.29, 0.717) is 0 Å². The van der Waals surface area contributed by atoms with Crippen LogP contribution in [-0.4, -0.2) is 51.4 Å². The highest BCUT2D eigenvalue weighted by atomic mass is 79.9. The summed E-state index contributed by atoms with van der Waals surface area (Å²) >= 11 is 3.47. The SMILES string of the molecule is Brc1ccc(-n2nnnc2C(c2ccccc2)N2CCOCC2)cc1. The average Bonchev–Trinajstić information content (AvgIpc) is 3.14. The number of ether oxygens (including phenoxy) is 1. The number of nitrogens with zero attached hydrogens (tertiary/aromatic N) is 5. The lowest BCUT2D eigenvalue weighted by Gasteiger charge is -2.33. The van der Waals surface area contributed by atoms with Gasteiger partial charge in [-0.05, 0) is 40.3 Å². The van der Waals surface area contributed by atoms with Gasteiger partial charge in [-0.3, -0.25) is 4.90 Å². The molecule has 1 saturated heterocycles. The molecule has 0 saturated carbocycles. The fourth-order valence-corrected chi connectivity index (χ4v) is 3.39. The van der Waals surface area contributed by atoms with E-state index in [4.69, 9.17) is 4.74 Å². The second kappa shape index (κ2) is 7.43. The lowest BCUT2D eigenvalue weighted by Crippen LogP contribution is -2.40. The van der Waals surface area contributed by atoms with E-state index in [-0.39, 0.29) is 6.04 Å². The summed E-state index contributed by atoms with van der Waals surface area (Å²) in [5.41, 5.74) is 2.12. The van der Waals surface area contributed by atoms with Gasteiger partial charge in [0, 0.05) is 17.6 Å². The molecule has 2 aromatic carbocycles. The number of morpholine rings is 1. The Bertz CT molecular complexity index is 815. The molecule has 3 aromatic rings. The van der Waals surface area contributed by atoms with Crippen molar-refractivity contribution in [2.24, 2.45) is 0 Å². The quantitative estimate of drug-likeness (QED) is 0.674. The molecule has 0 spiro atoms. The molecule has 1 aliphatic heterocycles. The van der Waals surface area contributed by atoms with Crippen LogP contribution in [0.15, 0.2) is 59.1 Å². The van der Waals surface area contributed by atoms with Crippen LogP contribution >= 0.6 is 15.9 Å². The fraction of sp³-hybridized carbons (Fsp3) is 0.278. The third kappa shape index (κ3) is 3.49. The van der Waals surface area contributed by atoms with Crippen molar-refractivity contribution in [1.82, 2.24) is 25.1 Å². The second-order valence-electron chi connectivity index (χ2n) is 5.89. The van der Waals surface area contributed by atoms with Crippen LogP contribution in [0.5, 0.6) is 0 Å². The van der Waals surface area contributed by atoms with E-state index >= 15 is 0 Å². The van der Waals surface area contributed by atoms with Gasteiger partial charge in [-0.15, -0.1) is 5.10 Å². The van der Waals surface area contributed by atoms with E-state index in [1.807, 2.05) is 35.0 Å². The lowest BCUT2D eigenvalue weighted by molar-refractivity contribution is 0.0220. The smallest absolute Gasteiger partial charge is 0.178 e. The van der Waals surface area contributed by atoms with Crippen molar-refractivity contribution < 1.29 is 4.74 Å². The van der Waals surface area contributed by atoms with E-state index in [0.717, 1.165) is 42.3 Å². The summed E-state index contributed by atoms with van der Waals surface area (Å²) in [5.74, 6) is 0.815. The van der Waals surface area contributed by atoms with Crippen LogP contribution in [0, 0.1) is 0 Å². The first kappa shape index (κ1) is 16.4. The Morgan fingerprint density at radius 1 is 0.960 bits per heavy atom. The van der Waals surface area contributed by atoms with Gasteiger partial charge in [0.2, 0.25) is 0 Å². The van der Waals surface area contributed by atoms with Gasteiger partial charge in [0.05, 0.1) is 24.9 Å². The van der Waals surface area contributed by atoms with Crippen LogP contribution in [0.2, 0.25) is 0 Å². The highest BCUT2D eigenvalue weighted by Gasteiger charge is 2.29. The third-order valence-corrected chi connectivity index (χ3v) is 4.86. The van der Waals surface area contributed by atoms with E-state index in [1.165, 1.54) is 5.56 Å². The summed E-state index contributed by atoms with van der Waals surface area (Å²) < 4.78 is 8.37. The molecule has 1 aromatic heterocycles. The number of rotatable bonds is 4. The Kier molecular flexibility index (Phi) is 4.87. The van der Waals surface area contributed by atoms with Crippen LogP contribution in [-0.2, 0) is 4.74 Å². The Hall–Kier alpha value is -2.09. The molecule has 0 N–H and O–H groups in total. The van der Waals surface area contributed by atoms with Crippen LogP contribution in [0.1, 0.15) is 17.4 Å².